The number of benzene rings is 1. The highest BCUT2D eigenvalue weighted by Gasteiger charge is 2.30. The molecule has 2 rings (SSSR count). The zero-order valence-electron chi connectivity index (χ0n) is 13.6. The van der Waals surface area contributed by atoms with Gasteiger partial charge in [-0.15, -0.1) is 0 Å². The van der Waals surface area contributed by atoms with Gasteiger partial charge < -0.3 is 15.3 Å². The van der Waals surface area contributed by atoms with Gasteiger partial charge in [-0.3, -0.25) is 0 Å². The van der Waals surface area contributed by atoms with Crippen LogP contribution >= 0.6 is 0 Å². The first kappa shape index (κ1) is 18.6. The number of carbonyl (C=O) groups is 1. The minimum absolute atomic E-state index is 0.153. The highest BCUT2D eigenvalue weighted by Crippen LogP contribution is 2.29. The molecular formula is C17H23F3N2O2. The Bertz CT molecular complexity index is 538. The Hall–Kier alpha value is -1.76. The highest BCUT2D eigenvalue weighted by atomic mass is 19.4. The Kier molecular flexibility index (Phi) is 6.10. The maximum Gasteiger partial charge on any atom is 0.416 e. The smallest absolute Gasteiger partial charge is 0.396 e. The molecule has 1 heterocycles. The van der Waals surface area contributed by atoms with E-state index >= 15 is 0 Å². The summed E-state index contributed by atoms with van der Waals surface area (Å²) in [6.45, 7) is 3.21. The number of rotatable bonds is 4. The van der Waals surface area contributed by atoms with Crippen LogP contribution in [0.4, 0.5) is 18.0 Å². The lowest BCUT2D eigenvalue weighted by Crippen LogP contribution is -2.48. The number of aliphatic hydroxyl groups excluding tert-OH is 1. The van der Waals surface area contributed by atoms with Crippen LogP contribution in [-0.2, 0) is 12.6 Å². The minimum Gasteiger partial charge on any atom is -0.396 e. The van der Waals surface area contributed by atoms with Crippen LogP contribution in [-0.4, -0.2) is 41.8 Å². The van der Waals surface area contributed by atoms with E-state index in [0.29, 0.717) is 19.5 Å². The van der Waals surface area contributed by atoms with Gasteiger partial charge in [-0.1, -0.05) is 12.1 Å². The number of hydrogen-bond acceptors (Lipinski definition) is 2. The molecule has 0 spiro atoms. The zero-order chi connectivity index (χ0) is 17.7. The van der Waals surface area contributed by atoms with Crippen LogP contribution in [0.1, 0.15) is 30.9 Å². The first-order chi connectivity index (χ1) is 11.3. The fourth-order valence-electron chi connectivity index (χ4n) is 2.86. The lowest BCUT2D eigenvalue weighted by molar-refractivity contribution is -0.137. The molecule has 134 valence electrons. The summed E-state index contributed by atoms with van der Waals surface area (Å²) in [5.74, 6) is 0.263. The van der Waals surface area contributed by atoms with Gasteiger partial charge in [0.05, 0.1) is 5.56 Å². The number of alkyl halides is 3. The number of nitrogens with one attached hydrogen (secondary N) is 1. The first-order valence-corrected chi connectivity index (χ1v) is 8.12. The monoisotopic (exact) mass is 344 g/mol. The third-order valence-electron chi connectivity index (χ3n) is 4.35. The van der Waals surface area contributed by atoms with Gasteiger partial charge in [0, 0.05) is 25.7 Å². The second-order valence-electron chi connectivity index (χ2n) is 6.36. The van der Waals surface area contributed by atoms with Crippen molar-refractivity contribution in [1.29, 1.82) is 0 Å². The summed E-state index contributed by atoms with van der Waals surface area (Å²) >= 11 is 0. The molecule has 0 aromatic heterocycles. The van der Waals surface area contributed by atoms with Crippen LogP contribution in [0, 0.1) is 5.92 Å². The van der Waals surface area contributed by atoms with Crippen molar-refractivity contribution < 1.29 is 23.1 Å². The number of piperidine rings is 1. The van der Waals surface area contributed by atoms with Crippen LogP contribution < -0.4 is 5.32 Å². The molecule has 1 saturated heterocycles. The van der Waals surface area contributed by atoms with E-state index in [9.17, 15) is 18.0 Å². The van der Waals surface area contributed by atoms with E-state index in [-0.39, 0.29) is 24.6 Å². The Morgan fingerprint density at radius 3 is 2.38 bits per heavy atom. The summed E-state index contributed by atoms with van der Waals surface area (Å²) in [6.07, 6.45) is -2.29. The van der Waals surface area contributed by atoms with Crippen LogP contribution in [0.25, 0.3) is 0 Å². The van der Waals surface area contributed by atoms with E-state index in [1.807, 2.05) is 6.92 Å². The molecule has 1 fully saturated rings. The number of aliphatic hydroxyl groups is 1. The summed E-state index contributed by atoms with van der Waals surface area (Å²) in [7, 11) is 0. The van der Waals surface area contributed by atoms with Crippen molar-refractivity contribution in [3.05, 3.63) is 35.4 Å². The third kappa shape index (κ3) is 5.12. The van der Waals surface area contributed by atoms with Crippen LogP contribution in [0.3, 0.4) is 0 Å². The average Bonchev–Trinajstić information content (AvgIpc) is 2.54. The van der Waals surface area contributed by atoms with E-state index in [4.69, 9.17) is 5.11 Å². The molecule has 1 aromatic rings. The Balaban J connectivity index is 1.82. The first-order valence-electron chi connectivity index (χ1n) is 8.12. The van der Waals surface area contributed by atoms with Crippen LogP contribution in [0.15, 0.2) is 24.3 Å². The molecule has 1 aliphatic rings. The van der Waals surface area contributed by atoms with Gasteiger partial charge in [0.25, 0.3) is 0 Å². The SMILES string of the molecule is CC(Cc1ccc(C(F)(F)F)cc1)NC(=O)N1CCC(CO)CC1. The van der Waals surface area contributed by atoms with Crippen molar-refractivity contribution in [2.75, 3.05) is 19.7 Å². The molecule has 0 saturated carbocycles. The van der Waals surface area contributed by atoms with Gasteiger partial charge in [0.2, 0.25) is 0 Å². The molecule has 1 atom stereocenters. The second kappa shape index (κ2) is 7.88. The number of carbonyl (C=O) groups excluding carboxylic acids is 1. The topological polar surface area (TPSA) is 52.6 Å². The normalized spacial score (nSPS) is 17.6. The van der Waals surface area contributed by atoms with Gasteiger partial charge in [0.15, 0.2) is 0 Å². The Morgan fingerprint density at radius 2 is 1.88 bits per heavy atom. The molecule has 0 radical (unpaired) electrons. The number of amides is 2. The summed E-state index contributed by atoms with van der Waals surface area (Å²) in [6, 6.07) is 4.67. The standard InChI is InChI=1S/C17H23F3N2O2/c1-12(10-13-2-4-15(5-3-13)17(18,19)20)21-16(24)22-8-6-14(11-23)7-9-22/h2-5,12,14,23H,6-11H2,1H3,(H,21,24). The number of nitrogens with zero attached hydrogens (tertiary/aromatic N) is 1. The zero-order valence-corrected chi connectivity index (χ0v) is 13.6. The number of hydrogen-bond donors (Lipinski definition) is 2. The summed E-state index contributed by atoms with van der Waals surface area (Å²) < 4.78 is 37.6. The molecule has 2 amide bonds. The van der Waals surface area contributed by atoms with E-state index < -0.39 is 11.7 Å². The third-order valence-corrected chi connectivity index (χ3v) is 4.35. The quantitative estimate of drug-likeness (QED) is 0.882. The molecule has 4 nitrogen and oxygen atoms in total. The van der Waals surface area contributed by atoms with E-state index in [1.165, 1.54) is 12.1 Å². The van der Waals surface area contributed by atoms with Crippen molar-refractivity contribution in [3.8, 4) is 0 Å². The molecular weight excluding hydrogens is 321 g/mol. The Morgan fingerprint density at radius 1 is 1.29 bits per heavy atom. The van der Waals surface area contributed by atoms with E-state index in [2.05, 4.69) is 5.32 Å². The lowest BCUT2D eigenvalue weighted by atomic mass is 9.98. The summed E-state index contributed by atoms with van der Waals surface area (Å²) in [5.41, 5.74) is 0.0736. The largest absolute Gasteiger partial charge is 0.416 e. The molecule has 24 heavy (non-hydrogen) atoms. The van der Waals surface area contributed by atoms with Crippen molar-refractivity contribution in [3.63, 3.8) is 0 Å². The van der Waals surface area contributed by atoms with Crippen molar-refractivity contribution in [1.82, 2.24) is 10.2 Å². The van der Waals surface area contributed by atoms with Gasteiger partial charge in [0.1, 0.15) is 0 Å². The molecule has 0 aliphatic carbocycles. The van der Waals surface area contributed by atoms with Crippen molar-refractivity contribution in [2.24, 2.45) is 5.92 Å². The number of halogens is 3. The molecule has 1 unspecified atom stereocenters. The van der Waals surface area contributed by atoms with Crippen molar-refractivity contribution >= 4 is 6.03 Å². The van der Waals surface area contributed by atoms with Crippen molar-refractivity contribution in [2.45, 2.75) is 38.4 Å². The van der Waals surface area contributed by atoms with Crippen LogP contribution in [0.2, 0.25) is 0 Å². The summed E-state index contributed by atoms with van der Waals surface area (Å²) in [5, 5.41) is 12.0. The van der Waals surface area contributed by atoms with Crippen LogP contribution in [0.5, 0.6) is 0 Å². The predicted molar refractivity (Wildman–Crippen MR) is 84.5 cm³/mol. The fraction of sp³-hybridized carbons (Fsp3) is 0.588. The summed E-state index contributed by atoms with van der Waals surface area (Å²) in [4.78, 5) is 13.9. The number of urea groups is 1. The average molecular weight is 344 g/mol. The molecule has 1 aliphatic heterocycles. The highest BCUT2D eigenvalue weighted by molar-refractivity contribution is 5.74. The van der Waals surface area contributed by atoms with E-state index in [1.54, 1.807) is 4.90 Å². The van der Waals surface area contributed by atoms with Gasteiger partial charge in [-0.2, -0.15) is 13.2 Å². The molecule has 0 bridgehead atoms. The van der Waals surface area contributed by atoms with Gasteiger partial charge in [-0.05, 0) is 49.8 Å². The number of likely N-dealkylation sites (tertiary alicyclic amines) is 1. The molecule has 7 heteroatoms. The predicted octanol–water partition coefficient (Wildman–Crippen LogP) is 3.05. The van der Waals surface area contributed by atoms with Gasteiger partial charge in [-0.25, -0.2) is 4.79 Å². The molecule has 2 N–H and O–H groups in total. The maximum absolute atomic E-state index is 12.5. The second-order valence-corrected chi connectivity index (χ2v) is 6.36. The Labute approximate surface area is 139 Å². The van der Waals surface area contributed by atoms with E-state index in [0.717, 1.165) is 30.5 Å². The molecule has 1 aromatic carbocycles. The minimum atomic E-state index is -4.33. The van der Waals surface area contributed by atoms with Gasteiger partial charge >= 0.3 is 12.2 Å². The lowest BCUT2D eigenvalue weighted by Gasteiger charge is -2.32. The fourth-order valence-corrected chi connectivity index (χ4v) is 2.86. The maximum atomic E-state index is 12.5.